The molecule has 7 heteroatoms. The maximum absolute atomic E-state index is 12.5. The molecule has 2 fully saturated rings. The number of carbonyl (C=O) groups excluding carboxylic acids is 3. The fraction of sp³-hybridized carbons (Fsp3) is 0.400. The van der Waals surface area contributed by atoms with Crippen LogP contribution in [0.15, 0.2) is 33.4 Å². The molecule has 4 unspecified atom stereocenters. The zero-order valence-corrected chi connectivity index (χ0v) is 13.1. The summed E-state index contributed by atoms with van der Waals surface area (Å²) in [5.41, 5.74) is 2.39. The van der Waals surface area contributed by atoms with Gasteiger partial charge in [-0.05, 0) is 52.7 Å². The van der Waals surface area contributed by atoms with Crippen molar-refractivity contribution in [2.75, 3.05) is 0 Å². The molecule has 22 heavy (non-hydrogen) atoms. The molecule has 1 saturated carbocycles. The number of rotatable bonds is 2. The molecule has 5 rings (SSSR count). The van der Waals surface area contributed by atoms with Crippen molar-refractivity contribution in [3.8, 4) is 0 Å². The lowest BCUT2D eigenvalue weighted by molar-refractivity contribution is -0.143. The van der Waals surface area contributed by atoms with Gasteiger partial charge in [0, 0.05) is 0 Å². The van der Waals surface area contributed by atoms with Crippen LogP contribution in [0.4, 0.5) is 0 Å². The molecule has 1 aliphatic heterocycles. The summed E-state index contributed by atoms with van der Waals surface area (Å²) >= 11 is 3.11. The summed E-state index contributed by atoms with van der Waals surface area (Å²) in [6.07, 6.45) is 5.92. The summed E-state index contributed by atoms with van der Waals surface area (Å²) in [7, 11) is 0. The van der Waals surface area contributed by atoms with E-state index in [1.165, 1.54) is 6.07 Å². The minimum Gasteiger partial charge on any atom is -0.444 e. The van der Waals surface area contributed by atoms with Crippen molar-refractivity contribution in [3.05, 3.63) is 34.7 Å². The van der Waals surface area contributed by atoms with Gasteiger partial charge in [0.2, 0.25) is 0 Å². The van der Waals surface area contributed by atoms with Gasteiger partial charge in [-0.1, -0.05) is 12.2 Å². The topological polar surface area (TPSA) is 79.6 Å². The highest BCUT2D eigenvalue weighted by Gasteiger charge is 2.57. The van der Waals surface area contributed by atoms with E-state index in [2.05, 4.69) is 21.4 Å². The Labute approximate surface area is 134 Å². The number of nitrogens with zero attached hydrogens (tertiary/aromatic N) is 1. The lowest BCUT2D eigenvalue weighted by Gasteiger charge is -2.37. The molecule has 114 valence electrons. The number of hydrazine groups is 1. The van der Waals surface area contributed by atoms with E-state index in [0.717, 1.165) is 17.9 Å². The van der Waals surface area contributed by atoms with E-state index >= 15 is 0 Å². The van der Waals surface area contributed by atoms with E-state index in [1.54, 1.807) is 6.07 Å². The SMILES string of the molecule is O=C(NN1C(=O)C2C3C=CC(CC3)C2C1=O)c1ccc(Br)o1. The van der Waals surface area contributed by atoms with E-state index in [1.807, 2.05) is 12.2 Å². The lowest BCUT2D eigenvalue weighted by atomic mass is 9.63. The molecule has 3 aliphatic carbocycles. The van der Waals surface area contributed by atoms with Gasteiger partial charge in [-0.2, -0.15) is 5.01 Å². The molecule has 0 aromatic carbocycles. The molecule has 0 spiro atoms. The molecule has 1 N–H and O–H groups in total. The molecule has 4 atom stereocenters. The molecule has 6 nitrogen and oxygen atoms in total. The molecule has 2 heterocycles. The number of furan rings is 1. The summed E-state index contributed by atoms with van der Waals surface area (Å²) in [5, 5.41) is 0.881. The average Bonchev–Trinajstić information content (AvgIpc) is 3.07. The number of carbonyl (C=O) groups is 3. The Morgan fingerprint density at radius 1 is 1.14 bits per heavy atom. The maximum atomic E-state index is 12.5. The number of allylic oxidation sites excluding steroid dienone is 2. The highest BCUT2D eigenvalue weighted by molar-refractivity contribution is 9.10. The number of nitrogens with one attached hydrogen (secondary N) is 1. The Bertz CT molecular complexity index is 678. The van der Waals surface area contributed by atoms with Gasteiger partial charge < -0.3 is 4.42 Å². The number of halogens is 1. The van der Waals surface area contributed by atoms with Crippen LogP contribution in [0.1, 0.15) is 23.4 Å². The van der Waals surface area contributed by atoms with Crippen LogP contribution in [-0.2, 0) is 9.59 Å². The maximum Gasteiger partial charge on any atom is 0.306 e. The Hall–Kier alpha value is -1.89. The molecule has 0 radical (unpaired) electrons. The Morgan fingerprint density at radius 2 is 1.73 bits per heavy atom. The third kappa shape index (κ3) is 1.88. The number of hydrogen-bond donors (Lipinski definition) is 1. The summed E-state index contributed by atoms with van der Waals surface area (Å²) in [6, 6.07) is 3.05. The van der Waals surface area contributed by atoms with Gasteiger partial charge in [-0.3, -0.25) is 19.8 Å². The van der Waals surface area contributed by atoms with E-state index in [4.69, 9.17) is 4.42 Å². The van der Waals surface area contributed by atoms with Crippen LogP contribution < -0.4 is 5.43 Å². The first-order chi connectivity index (χ1) is 10.6. The van der Waals surface area contributed by atoms with Crippen molar-refractivity contribution in [2.24, 2.45) is 23.7 Å². The quantitative estimate of drug-likeness (QED) is 0.641. The first-order valence-corrected chi connectivity index (χ1v) is 7.98. The summed E-state index contributed by atoms with van der Waals surface area (Å²) in [5.74, 6) is -1.65. The minimum absolute atomic E-state index is 0.0449. The number of amides is 3. The van der Waals surface area contributed by atoms with Gasteiger partial charge in [-0.15, -0.1) is 0 Å². The Balaban J connectivity index is 1.58. The van der Waals surface area contributed by atoms with Gasteiger partial charge in [0.25, 0.3) is 11.8 Å². The fourth-order valence-electron chi connectivity index (χ4n) is 3.78. The van der Waals surface area contributed by atoms with E-state index < -0.39 is 5.91 Å². The van der Waals surface area contributed by atoms with Crippen molar-refractivity contribution < 1.29 is 18.8 Å². The zero-order valence-electron chi connectivity index (χ0n) is 11.5. The van der Waals surface area contributed by atoms with Gasteiger partial charge in [0.1, 0.15) is 0 Å². The second-order valence-corrected chi connectivity index (χ2v) is 6.68. The second kappa shape index (κ2) is 4.81. The first-order valence-electron chi connectivity index (χ1n) is 7.18. The second-order valence-electron chi connectivity index (χ2n) is 5.90. The molecule has 1 aromatic rings. The molecule has 1 saturated heterocycles. The fourth-order valence-corrected chi connectivity index (χ4v) is 4.08. The molecular formula is C15H13BrN2O4. The number of fused-ring (bicyclic) bond motifs is 1. The van der Waals surface area contributed by atoms with Crippen LogP contribution in [0.2, 0.25) is 0 Å². The molecular weight excluding hydrogens is 352 g/mol. The number of imide groups is 1. The van der Waals surface area contributed by atoms with E-state index in [0.29, 0.717) is 4.67 Å². The summed E-state index contributed by atoms with van der Waals surface area (Å²) < 4.78 is 5.55. The van der Waals surface area contributed by atoms with Crippen molar-refractivity contribution in [1.82, 2.24) is 10.4 Å². The smallest absolute Gasteiger partial charge is 0.306 e. The monoisotopic (exact) mass is 364 g/mol. The first kappa shape index (κ1) is 13.8. The third-order valence-corrected chi connectivity index (χ3v) is 5.20. The highest BCUT2D eigenvalue weighted by atomic mass is 79.9. The molecule has 3 amide bonds. The lowest BCUT2D eigenvalue weighted by Crippen LogP contribution is -2.46. The standard InChI is InChI=1S/C15H13BrN2O4/c16-10-6-5-9(22-10)13(19)17-18-14(20)11-7-1-2-8(4-3-7)12(11)15(18)21/h1-2,5-8,11-12H,3-4H2,(H,17,19). The van der Waals surface area contributed by atoms with Gasteiger partial charge in [0.05, 0.1) is 11.8 Å². The summed E-state index contributed by atoms with van der Waals surface area (Å²) in [6.45, 7) is 0. The average molecular weight is 365 g/mol. The predicted molar refractivity (Wildman–Crippen MR) is 78.1 cm³/mol. The minimum atomic E-state index is -0.605. The van der Waals surface area contributed by atoms with Crippen LogP contribution in [0.25, 0.3) is 0 Å². The predicted octanol–water partition coefficient (Wildman–Crippen LogP) is 1.88. The highest BCUT2D eigenvalue weighted by Crippen LogP contribution is 2.49. The third-order valence-electron chi connectivity index (χ3n) is 4.77. The van der Waals surface area contributed by atoms with Crippen LogP contribution in [0, 0.1) is 23.7 Å². The van der Waals surface area contributed by atoms with Crippen molar-refractivity contribution in [3.63, 3.8) is 0 Å². The Kier molecular flexibility index (Phi) is 3.00. The zero-order chi connectivity index (χ0) is 15.4. The van der Waals surface area contributed by atoms with Gasteiger partial charge in [-0.25, -0.2) is 0 Å². The van der Waals surface area contributed by atoms with Gasteiger partial charge >= 0.3 is 5.91 Å². The molecule has 4 aliphatic rings. The molecule has 1 aromatic heterocycles. The van der Waals surface area contributed by atoms with Crippen molar-refractivity contribution in [1.29, 1.82) is 0 Å². The normalized spacial score (nSPS) is 32.5. The van der Waals surface area contributed by atoms with Crippen molar-refractivity contribution >= 4 is 33.7 Å². The Morgan fingerprint density at radius 3 is 2.18 bits per heavy atom. The van der Waals surface area contributed by atoms with Crippen LogP contribution in [0.3, 0.4) is 0 Å². The van der Waals surface area contributed by atoms with Crippen molar-refractivity contribution in [2.45, 2.75) is 12.8 Å². The molecule has 2 bridgehead atoms. The van der Waals surface area contributed by atoms with Crippen LogP contribution >= 0.6 is 15.9 Å². The van der Waals surface area contributed by atoms with E-state index in [-0.39, 0.29) is 41.2 Å². The van der Waals surface area contributed by atoms with Crippen LogP contribution in [0.5, 0.6) is 0 Å². The largest absolute Gasteiger partial charge is 0.444 e. The van der Waals surface area contributed by atoms with Crippen LogP contribution in [-0.4, -0.2) is 22.7 Å². The van der Waals surface area contributed by atoms with Gasteiger partial charge in [0.15, 0.2) is 10.4 Å². The number of hydrogen-bond acceptors (Lipinski definition) is 4. The summed E-state index contributed by atoms with van der Waals surface area (Å²) in [4.78, 5) is 37.2. The van der Waals surface area contributed by atoms with E-state index in [9.17, 15) is 14.4 Å².